The van der Waals surface area contributed by atoms with E-state index >= 15 is 0 Å². The van der Waals surface area contributed by atoms with Crippen molar-refractivity contribution in [3.8, 4) is 0 Å². The van der Waals surface area contributed by atoms with Crippen molar-refractivity contribution in [2.75, 3.05) is 19.4 Å². The van der Waals surface area contributed by atoms with Crippen LogP contribution in [0.2, 0.25) is 0 Å². The van der Waals surface area contributed by atoms with Crippen molar-refractivity contribution >= 4 is 9.84 Å². The Bertz CT molecular complexity index is 885. The Balaban J connectivity index is 1.57. The van der Waals surface area contributed by atoms with Crippen molar-refractivity contribution in [1.29, 1.82) is 0 Å². The van der Waals surface area contributed by atoms with Gasteiger partial charge < -0.3 is 9.30 Å². The molecule has 4 rings (SSSR count). The summed E-state index contributed by atoms with van der Waals surface area (Å²) >= 11 is 0. The van der Waals surface area contributed by atoms with E-state index in [4.69, 9.17) is 4.74 Å². The van der Waals surface area contributed by atoms with Crippen LogP contribution in [0.15, 0.2) is 41.7 Å². The topological polar surface area (TPSA) is 64.4 Å². The van der Waals surface area contributed by atoms with Crippen LogP contribution in [0.3, 0.4) is 0 Å². The number of rotatable bonds is 9. The molecule has 0 unspecified atom stereocenters. The minimum absolute atomic E-state index is 0.0689. The Morgan fingerprint density at radius 1 is 1.18 bits per heavy atom. The molecular formula is C21H29N3O3S. The highest BCUT2D eigenvalue weighted by molar-refractivity contribution is 7.90. The SMILES string of the molecule is CS(=O)(=O)c1ncc(CN(Cc2ccccc2)CC2CC2)n1C[C@H]1CCCO1. The smallest absolute Gasteiger partial charge is 0.227 e. The number of ether oxygens (including phenoxy) is 1. The fraction of sp³-hybridized carbons (Fsp3) is 0.571. The molecule has 2 aromatic rings. The van der Waals surface area contributed by atoms with Crippen LogP contribution in [0.5, 0.6) is 0 Å². The maximum absolute atomic E-state index is 12.3. The van der Waals surface area contributed by atoms with Crippen LogP contribution in [-0.2, 0) is 34.2 Å². The van der Waals surface area contributed by atoms with E-state index in [2.05, 4.69) is 34.1 Å². The first-order valence-corrected chi connectivity index (χ1v) is 12.0. The lowest BCUT2D eigenvalue weighted by Gasteiger charge is -2.24. The second-order valence-electron chi connectivity index (χ2n) is 8.15. The zero-order chi connectivity index (χ0) is 19.6. The number of hydrogen-bond donors (Lipinski definition) is 0. The highest BCUT2D eigenvalue weighted by atomic mass is 32.2. The fourth-order valence-electron chi connectivity index (χ4n) is 3.92. The Morgan fingerprint density at radius 3 is 2.61 bits per heavy atom. The monoisotopic (exact) mass is 403 g/mol. The van der Waals surface area contributed by atoms with Crippen molar-refractivity contribution in [3.63, 3.8) is 0 Å². The largest absolute Gasteiger partial charge is 0.376 e. The number of sulfone groups is 1. The van der Waals surface area contributed by atoms with E-state index in [1.807, 2.05) is 10.6 Å². The van der Waals surface area contributed by atoms with Crippen LogP contribution in [0, 0.1) is 5.92 Å². The summed E-state index contributed by atoms with van der Waals surface area (Å²) in [6, 6.07) is 10.4. The van der Waals surface area contributed by atoms with Gasteiger partial charge in [-0.2, -0.15) is 0 Å². The molecule has 1 aromatic heterocycles. The molecule has 1 saturated carbocycles. The van der Waals surface area contributed by atoms with E-state index in [9.17, 15) is 8.42 Å². The number of hydrogen-bond acceptors (Lipinski definition) is 5. The Kier molecular flexibility index (Phi) is 5.85. The van der Waals surface area contributed by atoms with E-state index in [1.54, 1.807) is 6.20 Å². The molecule has 28 heavy (non-hydrogen) atoms. The molecular weight excluding hydrogens is 374 g/mol. The predicted molar refractivity (Wildman–Crippen MR) is 108 cm³/mol. The van der Waals surface area contributed by atoms with Crippen LogP contribution < -0.4 is 0 Å². The molecule has 7 heteroatoms. The molecule has 0 spiro atoms. The summed E-state index contributed by atoms with van der Waals surface area (Å²) in [5.74, 6) is 0.757. The highest BCUT2D eigenvalue weighted by Crippen LogP contribution is 2.31. The average molecular weight is 404 g/mol. The van der Waals surface area contributed by atoms with Crippen LogP contribution in [0.1, 0.15) is 36.9 Å². The van der Waals surface area contributed by atoms with Crippen molar-refractivity contribution in [2.45, 2.75) is 56.6 Å². The molecule has 1 aliphatic carbocycles. The number of aromatic nitrogens is 2. The van der Waals surface area contributed by atoms with Gasteiger partial charge in [-0.25, -0.2) is 13.4 Å². The van der Waals surface area contributed by atoms with E-state index in [0.717, 1.165) is 44.1 Å². The minimum Gasteiger partial charge on any atom is -0.376 e. The van der Waals surface area contributed by atoms with Gasteiger partial charge in [-0.3, -0.25) is 4.90 Å². The maximum Gasteiger partial charge on any atom is 0.227 e. The van der Waals surface area contributed by atoms with Gasteiger partial charge in [-0.15, -0.1) is 0 Å². The summed E-state index contributed by atoms with van der Waals surface area (Å²) in [4.78, 5) is 6.70. The standard InChI is InChI=1S/C21H29N3O3S/c1-28(25,26)21-22-12-19(24(21)16-20-8-5-11-27-20)15-23(14-18-9-10-18)13-17-6-3-2-4-7-17/h2-4,6-7,12,18,20H,5,8-11,13-16H2,1H3/t20-/m1/s1. The van der Waals surface area contributed by atoms with Crippen molar-refractivity contribution in [1.82, 2.24) is 14.5 Å². The van der Waals surface area contributed by atoms with Crippen molar-refractivity contribution in [2.24, 2.45) is 5.92 Å². The molecule has 0 N–H and O–H groups in total. The van der Waals surface area contributed by atoms with E-state index in [1.165, 1.54) is 24.7 Å². The summed E-state index contributed by atoms with van der Waals surface area (Å²) in [6.45, 7) is 3.90. The number of benzene rings is 1. The molecule has 0 amide bonds. The van der Waals surface area contributed by atoms with Crippen LogP contribution in [0.4, 0.5) is 0 Å². The zero-order valence-electron chi connectivity index (χ0n) is 16.5. The molecule has 0 radical (unpaired) electrons. The predicted octanol–water partition coefficient (Wildman–Crippen LogP) is 2.88. The summed E-state index contributed by atoms with van der Waals surface area (Å²) in [7, 11) is -3.38. The zero-order valence-corrected chi connectivity index (χ0v) is 17.3. The number of imidazole rings is 1. The van der Waals surface area contributed by atoms with E-state index in [0.29, 0.717) is 13.1 Å². The van der Waals surface area contributed by atoms with Crippen LogP contribution >= 0.6 is 0 Å². The molecule has 0 bridgehead atoms. The third-order valence-corrected chi connectivity index (χ3v) is 6.48. The lowest BCUT2D eigenvalue weighted by molar-refractivity contribution is 0.0931. The van der Waals surface area contributed by atoms with Crippen LogP contribution in [-0.4, -0.2) is 48.4 Å². The summed E-state index contributed by atoms with van der Waals surface area (Å²) in [6.07, 6.45) is 7.61. The third kappa shape index (κ3) is 5.01. The fourth-order valence-corrected chi connectivity index (χ4v) is 4.76. The Morgan fingerprint density at radius 2 is 1.96 bits per heavy atom. The van der Waals surface area contributed by atoms with Gasteiger partial charge in [0.05, 0.1) is 24.5 Å². The normalized spacial score (nSPS) is 20.1. The van der Waals surface area contributed by atoms with Gasteiger partial charge in [0.25, 0.3) is 0 Å². The van der Waals surface area contributed by atoms with E-state index in [-0.39, 0.29) is 11.3 Å². The Hall–Kier alpha value is -1.70. The van der Waals surface area contributed by atoms with Gasteiger partial charge in [-0.05, 0) is 37.2 Å². The molecule has 2 heterocycles. The Labute approximate surface area is 167 Å². The molecule has 2 aliphatic rings. The third-order valence-electron chi connectivity index (χ3n) is 5.49. The summed E-state index contributed by atoms with van der Waals surface area (Å²) < 4.78 is 32.2. The van der Waals surface area contributed by atoms with E-state index < -0.39 is 9.84 Å². The lowest BCUT2D eigenvalue weighted by atomic mass is 10.2. The van der Waals surface area contributed by atoms with Gasteiger partial charge >= 0.3 is 0 Å². The second kappa shape index (κ2) is 8.35. The first-order chi connectivity index (χ1) is 13.5. The first kappa shape index (κ1) is 19.6. The molecule has 1 atom stereocenters. The van der Waals surface area contributed by atoms with Gasteiger partial charge in [0, 0.05) is 32.5 Å². The number of nitrogens with zero attached hydrogens (tertiary/aromatic N) is 3. The molecule has 1 aliphatic heterocycles. The second-order valence-corrected chi connectivity index (χ2v) is 10.1. The average Bonchev–Trinajstić information content (AvgIpc) is 3.14. The molecule has 6 nitrogen and oxygen atoms in total. The molecule has 1 aromatic carbocycles. The van der Waals surface area contributed by atoms with Gasteiger partial charge in [0.1, 0.15) is 0 Å². The summed E-state index contributed by atoms with van der Waals surface area (Å²) in [5.41, 5.74) is 2.23. The molecule has 152 valence electrons. The van der Waals surface area contributed by atoms with Gasteiger partial charge in [-0.1, -0.05) is 30.3 Å². The maximum atomic E-state index is 12.3. The van der Waals surface area contributed by atoms with Crippen LogP contribution in [0.25, 0.3) is 0 Å². The van der Waals surface area contributed by atoms with Crippen molar-refractivity contribution in [3.05, 3.63) is 47.8 Å². The minimum atomic E-state index is -3.38. The quantitative estimate of drug-likeness (QED) is 0.644. The van der Waals surface area contributed by atoms with Crippen molar-refractivity contribution < 1.29 is 13.2 Å². The first-order valence-electron chi connectivity index (χ1n) is 10.1. The summed E-state index contributed by atoms with van der Waals surface area (Å²) in [5, 5.41) is 0.157. The lowest BCUT2D eigenvalue weighted by Crippen LogP contribution is -2.28. The molecule has 1 saturated heterocycles. The molecule has 2 fully saturated rings. The van der Waals surface area contributed by atoms with Gasteiger partial charge in [0.2, 0.25) is 15.0 Å². The van der Waals surface area contributed by atoms with Gasteiger partial charge in [0.15, 0.2) is 0 Å². The highest BCUT2D eigenvalue weighted by Gasteiger charge is 2.27.